The molecule has 6 aliphatic heterocycles. The fraction of sp³-hybridized carbons (Fsp3) is 0.441. The van der Waals surface area contributed by atoms with Gasteiger partial charge in [0, 0.05) is 54.0 Å². The molecule has 45 heavy (non-hydrogen) atoms. The second kappa shape index (κ2) is 8.71. The molecular formula is C34H30F2N6O3. The van der Waals surface area contributed by atoms with E-state index in [1.165, 1.54) is 6.07 Å². The van der Waals surface area contributed by atoms with Crippen molar-refractivity contribution < 1.29 is 23.4 Å². The van der Waals surface area contributed by atoms with E-state index in [9.17, 15) is 9.50 Å². The van der Waals surface area contributed by atoms with Crippen molar-refractivity contribution in [3.63, 3.8) is 0 Å². The van der Waals surface area contributed by atoms with Crippen molar-refractivity contribution >= 4 is 27.5 Å². The molecule has 11 heteroatoms. The highest BCUT2D eigenvalue weighted by Crippen LogP contribution is 2.62. The number of halogens is 2. The van der Waals surface area contributed by atoms with Gasteiger partial charge in [0.25, 0.3) is 0 Å². The van der Waals surface area contributed by atoms with E-state index in [2.05, 4.69) is 26.0 Å². The van der Waals surface area contributed by atoms with Crippen molar-refractivity contribution in [3.05, 3.63) is 41.7 Å². The molecule has 2 unspecified atom stereocenters. The molecule has 4 bridgehead atoms. The minimum atomic E-state index is -0.897. The van der Waals surface area contributed by atoms with E-state index in [4.69, 9.17) is 25.9 Å². The summed E-state index contributed by atoms with van der Waals surface area (Å²) in [4.78, 5) is 18.8. The van der Waals surface area contributed by atoms with E-state index in [1.807, 2.05) is 6.07 Å². The van der Waals surface area contributed by atoms with Crippen molar-refractivity contribution in [2.75, 3.05) is 37.7 Å². The number of ether oxygens (including phenoxy) is 2. The van der Waals surface area contributed by atoms with Gasteiger partial charge in [-0.2, -0.15) is 9.97 Å². The number of piperidine rings is 2. The number of aromatic nitrogens is 3. The number of phenolic OH excluding ortho intramolecular Hbond substituents is 1. The van der Waals surface area contributed by atoms with Crippen LogP contribution in [0.5, 0.6) is 17.6 Å². The van der Waals surface area contributed by atoms with Gasteiger partial charge in [0.05, 0.1) is 11.1 Å². The van der Waals surface area contributed by atoms with Crippen LogP contribution in [0.1, 0.15) is 31.2 Å². The minimum Gasteiger partial charge on any atom is -0.508 e. The Hall–Kier alpha value is -4.27. The number of hydrogen-bond acceptors (Lipinski definition) is 9. The number of fused-ring (bicyclic) bond motifs is 2. The molecule has 6 atom stereocenters. The number of nitrogens with one attached hydrogen (secondary N) is 1. The lowest BCUT2D eigenvalue weighted by Crippen LogP contribution is -2.60. The van der Waals surface area contributed by atoms with Gasteiger partial charge in [0.1, 0.15) is 47.5 Å². The monoisotopic (exact) mass is 608 g/mol. The quantitative estimate of drug-likeness (QED) is 0.334. The summed E-state index contributed by atoms with van der Waals surface area (Å²) in [7, 11) is 0. The molecule has 0 radical (unpaired) electrons. The van der Waals surface area contributed by atoms with Crippen molar-refractivity contribution in [1.29, 1.82) is 0 Å². The second-order valence-corrected chi connectivity index (χ2v) is 13.6. The third-order valence-electron chi connectivity index (χ3n) is 11.3. The first-order valence-corrected chi connectivity index (χ1v) is 15.7. The number of hydrogen-bond donors (Lipinski definition) is 2. The topological polar surface area (TPSA) is 95.9 Å². The van der Waals surface area contributed by atoms with E-state index in [0.717, 1.165) is 25.8 Å². The van der Waals surface area contributed by atoms with Crippen LogP contribution in [0.3, 0.4) is 0 Å². The van der Waals surface area contributed by atoms with E-state index in [1.54, 1.807) is 18.2 Å². The molecular weight excluding hydrogens is 578 g/mol. The average Bonchev–Trinajstić information content (AvgIpc) is 3.27. The summed E-state index contributed by atoms with van der Waals surface area (Å²) in [5.74, 6) is 3.15. The Morgan fingerprint density at radius 1 is 1.20 bits per heavy atom. The molecule has 228 valence electrons. The van der Waals surface area contributed by atoms with E-state index in [0.29, 0.717) is 71.2 Å². The van der Waals surface area contributed by atoms with Crippen LogP contribution in [-0.2, 0) is 0 Å². The first-order valence-electron chi connectivity index (χ1n) is 15.7. The summed E-state index contributed by atoms with van der Waals surface area (Å²) in [6, 6.07) is 9.07. The van der Waals surface area contributed by atoms with E-state index in [-0.39, 0.29) is 47.0 Å². The first kappa shape index (κ1) is 26.0. The molecule has 1 spiro atoms. The average molecular weight is 609 g/mol. The van der Waals surface area contributed by atoms with Crippen LogP contribution in [0.2, 0.25) is 0 Å². The summed E-state index contributed by atoms with van der Waals surface area (Å²) in [6.07, 6.45) is 8.24. The van der Waals surface area contributed by atoms with Crippen LogP contribution in [0.25, 0.3) is 32.9 Å². The van der Waals surface area contributed by atoms with Gasteiger partial charge in [0.2, 0.25) is 5.88 Å². The number of rotatable bonds is 4. The number of alkyl halides is 1. The van der Waals surface area contributed by atoms with Crippen LogP contribution in [0, 0.1) is 24.1 Å². The molecule has 11 rings (SSSR count). The van der Waals surface area contributed by atoms with Gasteiger partial charge in [-0.3, -0.25) is 4.90 Å². The maximum absolute atomic E-state index is 17.0. The molecule has 2 aromatic carbocycles. The summed E-state index contributed by atoms with van der Waals surface area (Å²) >= 11 is 0. The molecule has 1 saturated carbocycles. The molecule has 6 fully saturated rings. The van der Waals surface area contributed by atoms with Gasteiger partial charge in [-0.25, -0.2) is 13.8 Å². The Morgan fingerprint density at radius 3 is 2.96 bits per heavy atom. The molecule has 2 N–H and O–H groups in total. The summed E-state index contributed by atoms with van der Waals surface area (Å²) in [5.41, 5.74) is 0.172. The van der Waals surface area contributed by atoms with Gasteiger partial charge in [-0.15, -0.1) is 6.42 Å². The molecule has 9 nitrogen and oxygen atoms in total. The maximum atomic E-state index is 17.0. The van der Waals surface area contributed by atoms with Gasteiger partial charge in [-0.05, 0) is 49.4 Å². The van der Waals surface area contributed by atoms with Gasteiger partial charge in [-0.1, -0.05) is 18.1 Å². The molecule has 5 saturated heterocycles. The van der Waals surface area contributed by atoms with Crippen molar-refractivity contribution in [2.24, 2.45) is 5.92 Å². The number of pyridine rings is 1. The zero-order valence-electron chi connectivity index (χ0n) is 24.4. The molecule has 7 aliphatic rings. The Kier molecular flexibility index (Phi) is 5.03. The van der Waals surface area contributed by atoms with Gasteiger partial charge in [0.15, 0.2) is 5.82 Å². The van der Waals surface area contributed by atoms with Crippen molar-refractivity contribution in [2.45, 2.75) is 55.0 Å². The number of terminal acetylenes is 1. The second-order valence-electron chi connectivity index (χ2n) is 13.6. The summed E-state index contributed by atoms with van der Waals surface area (Å²) in [5, 5.41) is 16.0. The smallest absolute Gasteiger partial charge is 0.319 e. The number of phenols is 1. The van der Waals surface area contributed by atoms with Crippen molar-refractivity contribution in [3.8, 4) is 41.2 Å². The molecule has 8 heterocycles. The Bertz CT molecular complexity index is 2000. The summed E-state index contributed by atoms with van der Waals surface area (Å²) < 4.78 is 44.3. The third kappa shape index (κ3) is 3.36. The number of piperazine rings is 1. The Morgan fingerprint density at radius 2 is 2.11 bits per heavy atom. The van der Waals surface area contributed by atoms with E-state index >= 15 is 4.39 Å². The largest absolute Gasteiger partial charge is 0.508 e. The third-order valence-corrected chi connectivity index (χ3v) is 11.3. The van der Waals surface area contributed by atoms with Crippen molar-refractivity contribution in [1.82, 2.24) is 25.2 Å². The first-order chi connectivity index (χ1) is 21.9. The number of benzene rings is 2. The molecule has 4 aromatic rings. The number of anilines is 1. The highest BCUT2D eigenvalue weighted by atomic mass is 19.1. The van der Waals surface area contributed by atoms with Crippen LogP contribution >= 0.6 is 0 Å². The zero-order chi connectivity index (χ0) is 30.2. The lowest BCUT2D eigenvalue weighted by molar-refractivity contribution is 0.107. The Balaban J connectivity index is 1.18. The van der Waals surface area contributed by atoms with Gasteiger partial charge >= 0.3 is 6.01 Å². The number of aromatic hydroxyl groups is 1. The molecule has 1 aliphatic carbocycles. The van der Waals surface area contributed by atoms with Crippen LogP contribution in [0.4, 0.5) is 14.6 Å². The molecule has 2 aromatic heterocycles. The standard InChI is InChI=1S/C34H30F2N6O3/c1-2-17-5-3-6-18-9-21(43)11-22(24(17)18)27-26(36)28-25-30(40-32(39-28)45-15-33-7-4-8-41(33)13-19(35)12-33)42-14-20-10-23-29(37-20)34(23,42)16-44-31(25)38-27/h1,3,5-6,9,11,19-20,23,29,37,43H,4,7-8,10,12-16H2/t19-,20?,23-,29?,33+,34+/m0/s1. The number of nitrogens with zero attached hydrogens (tertiary/aromatic N) is 5. The normalized spacial score (nSPS) is 32.2. The van der Waals surface area contributed by atoms with Crippen LogP contribution < -0.4 is 19.7 Å². The lowest BCUT2D eigenvalue weighted by Gasteiger charge is -2.42. The highest BCUT2D eigenvalue weighted by molar-refractivity contribution is 6.04. The fourth-order valence-electron chi connectivity index (χ4n) is 9.37. The maximum Gasteiger partial charge on any atom is 0.319 e. The summed E-state index contributed by atoms with van der Waals surface area (Å²) in [6.45, 7) is 2.54. The van der Waals surface area contributed by atoms with Crippen LogP contribution in [-0.4, -0.2) is 87.1 Å². The Labute approximate surface area is 257 Å². The SMILES string of the molecule is C#Cc1cccc2cc(O)cc(-c3nc4c5c(nc(OC[C@]67CCCN6C[C@@H](F)C7)nc5c3F)N3CC5C[C@H]6C(N5)[C@@]63CO4)c12. The predicted molar refractivity (Wildman–Crippen MR) is 163 cm³/mol. The fourth-order valence-corrected chi connectivity index (χ4v) is 9.37. The van der Waals surface area contributed by atoms with E-state index < -0.39 is 17.5 Å². The minimum absolute atomic E-state index is 0.0273. The predicted octanol–water partition coefficient (Wildman–Crippen LogP) is 3.94. The van der Waals surface area contributed by atoms with Gasteiger partial charge < -0.3 is 24.8 Å². The highest BCUT2D eigenvalue weighted by Gasteiger charge is 2.76. The lowest BCUT2D eigenvalue weighted by atomic mass is 9.95. The van der Waals surface area contributed by atoms with Crippen LogP contribution in [0.15, 0.2) is 30.3 Å². The zero-order valence-corrected chi connectivity index (χ0v) is 24.4. The molecule has 0 amide bonds.